The van der Waals surface area contributed by atoms with E-state index >= 15 is 0 Å². The lowest BCUT2D eigenvalue weighted by Gasteiger charge is -2.34. The molecule has 6 rings (SSSR count). The topological polar surface area (TPSA) is 129 Å². The van der Waals surface area contributed by atoms with Crippen molar-refractivity contribution in [1.29, 1.82) is 0 Å². The number of rotatable bonds is 13. The second-order valence-corrected chi connectivity index (χ2v) is 11.5. The van der Waals surface area contributed by atoms with E-state index in [4.69, 9.17) is 18.9 Å². The maximum Gasteiger partial charge on any atom is 0.228 e. The summed E-state index contributed by atoms with van der Waals surface area (Å²) in [5.41, 5.74) is 2.88. The average Bonchev–Trinajstić information content (AvgIpc) is 3.54. The van der Waals surface area contributed by atoms with Crippen LogP contribution in [-0.2, 0) is 24.3 Å². The molecule has 2 saturated heterocycles. The first-order valence-electron chi connectivity index (χ1n) is 15.3. The molecule has 0 unspecified atom stereocenters. The molecule has 2 aromatic heterocycles. The van der Waals surface area contributed by atoms with Gasteiger partial charge in [-0.2, -0.15) is 4.98 Å². The third-order valence-corrected chi connectivity index (χ3v) is 8.40. The Morgan fingerprint density at radius 3 is 2.72 bits per heavy atom. The number of aromatic nitrogens is 3. The molecule has 2 N–H and O–H groups in total. The van der Waals surface area contributed by atoms with Gasteiger partial charge in [-0.3, -0.25) is 9.69 Å². The number of hydrogen-bond donors (Lipinski definition) is 2. The van der Waals surface area contributed by atoms with Crippen LogP contribution >= 0.6 is 0 Å². The van der Waals surface area contributed by atoms with Crippen LogP contribution in [-0.4, -0.2) is 107 Å². The van der Waals surface area contributed by atoms with Crippen molar-refractivity contribution in [3.8, 4) is 5.75 Å². The number of nitrogens with zero attached hydrogens (tertiary/aromatic N) is 6. The van der Waals surface area contributed by atoms with Crippen LogP contribution < -0.4 is 15.0 Å². The summed E-state index contributed by atoms with van der Waals surface area (Å²) >= 11 is 0. The molecule has 5 heterocycles. The number of oxazole rings is 1. The number of benzene rings is 1. The van der Waals surface area contributed by atoms with Crippen LogP contribution in [0.1, 0.15) is 47.1 Å². The van der Waals surface area contributed by atoms with Gasteiger partial charge in [0.25, 0.3) is 0 Å². The molecular formula is C31H41N7O5. The van der Waals surface area contributed by atoms with Crippen LogP contribution in [0.5, 0.6) is 5.75 Å². The van der Waals surface area contributed by atoms with Crippen LogP contribution in [0.3, 0.4) is 0 Å². The first kappa shape index (κ1) is 29.5. The van der Waals surface area contributed by atoms with Gasteiger partial charge in [0.05, 0.1) is 31.6 Å². The molecule has 0 spiro atoms. The van der Waals surface area contributed by atoms with Crippen LogP contribution in [0.2, 0.25) is 0 Å². The van der Waals surface area contributed by atoms with Gasteiger partial charge in [0.15, 0.2) is 17.9 Å². The van der Waals surface area contributed by atoms with E-state index in [2.05, 4.69) is 49.0 Å². The molecule has 0 saturated carbocycles. The summed E-state index contributed by atoms with van der Waals surface area (Å²) in [6.45, 7) is 10.4. The van der Waals surface area contributed by atoms with Crippen molar-refractivity contribution in [3.63, 3.8) is 0 Å². The van der Waals surface area contributed by atoms with Gasteiger partial charge < -0.3 is 34.1 Å². The number of aliphatic hydroxyl groups is 1. The molecule has 0 amide bonds. The van der Waals surface area contributed by atoms with Gasteiger partial charge in [-0.05, 0) is 42.6 Å². The summed E-state index contributed by atoms with van der Waals surface area (Å²) in [4.78, 5) is 33.4. The standard InChI is InChI=1S/C31H41N7O5/c1-2-36-9-11-38(12-10-36)31-34-28(14-30(35-31)33-24-18-41-19-24)29(40)6-4-25(39)17-37-8-7-22-13-26(5-3-23(22)16-37)42-20-27-15-32-21-43-27/h3,5,13-15,21,24-25,39H,2,4,6-12,16-20H2,1H3,(H,33,34,35)/t25-/m0/s1. The number of carbonyl (C=O) groups excluding carboxylic acids is 1. The lowest BCUT2D eigenvalue weighted by atomic mass is 9.98. The van der Waals surface area contributed by atoms with E-state index in [1.54, 1.807) is 12.3 Å². The van der Waals surface area contributed by atoms with Crippen molar-refractivity contribution < 1.29 is 23.8 Å². The summed E-state index contributed by atoms with van der Waals surface area (Å²) in [5.74, 6) is 2.65. The predicted octanol–water partition coefficient (Wildman–Crippen LogP) is 2.38. The summed E-state index contributed by atoms with van der Waals surface area (Å²) in [6.07, 6.45) is 3.92. The van der Waals surface area contributed by atoms with Gasteiger partial charge in [0.1, 0.15) is 23.9 Å². The molecular weight excluding hydrogens is 550 g/mol. The number of anilines is 2. The molecule has 1 atom stereocenters. The molecule has 0 aliphatic carbocycles. The SMILES string of the molecule is CCN1CCN(c2nc(NC3COC3)cc(C(=O)CC[C@H](O)CN3CCc4cc(OCc5cnco5)ccc4C3)n2)CC1. The summed E-state index contributed by atoms with van der Waals surface area (Å²) in [7, 11) is 0. The molecule has 12 nitrogen and oxygen atoms in total. The molecule has 12 heteroatoms. The quantitative estimate of drug-likeness (QED) is 0.283. The van der Waals surface area contributed by atoms with Gasteiger partial charge in [0.2, 0.25) is 5.95 Å². The van der Waals surface area contributed by atoms with Gasteiger partial charge in [-0.1, -0.05) is 13.0 Å². The molecule has 3 aliphatic heterocycles. The Labute approximate surface area is 252 Å². The highest BCUT2D eigenvalue weighted by Gasteiger charge is 2.25. The van der Waals surface area contributed by atoms with Crippen molar-refractivity contribution in [2.75, 3.05) is 69.2 Å². The summed E-state index contributed by atoms with van der Waals surface area (Å²) in [5, 5.41) is 14.3. The van der Waals surface area contributed by atoms with Gasteiger partial charge in [0, 0.05) is 58.3 Å². The average molecular weight is 592 g/mol. The third-order valence-electron chi connectivity index (χ3n) is 8.40. The minimum absolute atomic E-state index is 0.0790. The summed E-state index contributed by atoms with van der Waals surface area (Å²) in [6, 6.07) is 8.07. The van der Waals surface area contributed by atoms with Crippen molar-refractivity contribution >= 4 is 17.5 Å². The van der Waals surface area contributed by atoms with E-state index in [0.717, 1.165) is 58.0 Å². The van der Waals surface area contributed by atoms with Gasteiger partial charge >= 0.3 is 0 Å². The Bertz CT molecular complexity index is 1360. The number of Topliss-reactive ketones (excluding diaryl/α,β-unsaturated/α-hetero) is 1. The van der Waals surface area contributed by atoms with Crippen LogP contribution in [0.15, 0.2) is 41.3 Å². The van der Waals surface area contributed by atoms with Gasteiger partial charge in [-0.25, -0.2) is 9.97 Å². The molecule has 230 valence electrons. The summed E-state index contributed by atoms with van der Waals surface area (Å²) < 4.78 is 16.4. The fraction of sp³-hybridized carbons (Fsp3) is 0.548. The smallest absolute Gasteiger partial charge is 0.228 e. The maximum absolute atomic E-state index is 13.3. The van der Waals surface area contributed by atoms with Crippen molar-refractivity contribution in [1.82, 2.24) is 24.8 Å². The fourth-order valence-corrected chi connectivity index (χ4v) is 5.70. The van der Waals surface area contributed by atoms with Crippen LogP contribution in [0.4, 0.5) is 11.8 Å². The lowest BCUT2D eigenvalue weighted by molar-refractivity contribution is 0.0209. The Morgan fingerprint density at radius 1 is 1.12 bits per heavy atom. The zero-order valence-electron chi connectivity index (χ0n) is 24.8. The lowest BCUT2D eigenvalue weighted by Crippen LogP contribution is -2.47. The first-order valence-corrected chi connectivity index (χ1v) is 15.3. The normalized spacial score (nSPS) is 18.6. The van der Waals surface area contributed by atoms with Crippen molar-refractivity contribution in [3.05, 3.63) is 59.4 Å². The molecule has 1 aromatic carbocycles. The predicted molar refractivity (Wildman–Crippen MR) is 160 cm³/mol. The van der Waals surface area contributed by atoms with Crippen LogP contribution in [0.25, 0.3) is 0 Å². The molecule has 0 bridgehead atoms. The van der Waals surface area contributed by atoms with Gasteiger partial charge in [-0.15, -0.1) is 0 Å². The highest BCUT2D eigenvalue weighted by Crippen LogP contribution is 2.25. The zero-order chi connectivity index (χ0) is 29.6. The largest absolute Gasteiger partial charge is 0.486 e. The first-order chi connectivity index (χ1) is 21.0. The Hall–Kier alpha value is -3.58. The number of hydrogen-bond acceptors (Lipinski definition) is 12. The van der Waals surface area contributed by atoms with E-state index < -0.39 is 6.10 Å². The Balaban J connectivity index is 1.02. The Morgan fingerprint density at radius 2 is 1.98 bits per heavy atom. The highest BCUT2D eigenvalue weighted by atomic mass is 16.5. The van der Waals surface area contributed by atoms with E-state index in [9.17, 15) is 9.90 Å². The highest BCUT2D eigenvalue weighted by molar-refractivity contribution is 5.95. The number of aliphatic hydroxyl groups excluding tert-OH is 1. The molecule has 0 radical (unpaired) electrons. The second-order valence-electron chi connectivity index (χ2n) is 11.5. The van der Waals surface area contributed by atoms with Crippen LogP contribution in [0, 0.1) is 0 Å². The number of piperazine rings is 1. The Kier molecular flexibility index (Phi) is 9.47. The van der Waals surface area contributed by atoms with Crippen molar-refractivity contribution in [2.45, 2.75) is 51.5 Å². The number of likely N-dealkylation sites (N-methyl/N-ethyl adjacent to an activating group) is 1. The molecule has 43 heavy (non-hydrogen) atoms. The van der Waals surface area contributed by atoms with E-state index in [1.807, 2.05) is 6.07 Å². The minimum Gasteiger partial charge on any atom is -0.486 e. The maximum atomic E-state index is 13.3. The number of β-amino-alcohol motifs (C(OH)–C–C–N with tert-alkyl or cyclic N) is 1. The van der Waals surface area contributed by atoms with E-state index in [-0.39, 0.29) is 18.2 Å². The van der Waals surface area contributed by atoms with E-state index in [1.165, 1.54) is 17.5 Å². The number of nitrogens with one attached hydrogen (secondary N) is 1. The molecule has 3 aliphatic rings. The fourth-order valence-electron chi connectivity index (χ4n) is 5.70. The number of carbonyl (C=O) groups is 1. The second kappa shape index (κ2) is 13.8. The van der Waals surface area contributed by atoms with Crippen molar-refractivity contribution in [2.24, 2.45) is 0 Å². The number of ether oxygens (including phenoxy) is 2. The monoisotopic (exact) mass is 591 g/mol. The molecule has 2 fully saturated rings. The number of ketones is 1. The molecule has 3 aromatic rings. The minimum atomic E-state index is -0.608. The third kappa shape index (κ3) is 7.69. The van der Waals surface area contributed by atoms with E-state index in [0.29, 0.717) is 56.0 Å². The zero-order valence-corrected chi connectivity index (χ0v) is 24.8. The number of fused-ring (bicyclic) bond motifs is 1.